The number of nitrogens with one attached hydrogen (secondary N) is 2. The van der Waals surface area contributed by atoms with Crippen LogP contribution in [0.1, 0.15) is 37.7 Å². The van der Waals surface area contributed by atoms with Crippen molar-refractivity contribution >= 4 is 34.9 Å². The van der Waals surface area contributed by atoms with E-state index in [4.69, 9.17) is 31.3 Å². The van der Waals surface area contributed by atoms with Gasteiger partial charge in [-0.1, -0.05) is 0 Å². The molecule has 2 aromatic rings. The minimum Gasteiger partial charge on any atom is -0.465 e. The molecule has 30 heavy (non-hydrogen) atoms. The number of aryl methyl sites for hydroxylation is 1. The number of anilines is 3. The number of furan rings is 1. The van der Waals surface area contributed by atoms with Crippen LogP contribution in [-0.2, 0) is 11.3 Å². The van der Waals surface area contributed by atoms with E-state index in [9.17, 15) is 0 Å². The lowest BCUT2D eigenvalue weighted by Crippen LogP contribution is -2.40. The molecule has 0 aromatic carbocycles. The molecule has 0 aliphatic carbocycles. The number of hydrogen-bond donors (Lipinski definition) is 2. The second-order valence-electron chi connectivity index (χ2n) is 7.87. The van der Waals surface area contributed by atoms with Crippen LogP contribution in [0.25, 0.3) is 0 Å². The Morgan fingerprint density at radius 3 is 2.70 bits per heavy atom. The highest BCUT2D eigenvalue weighted by atomic mass is 32.1. The smallest absolute Gasteiger partial charge is 0.232 e. The second kappa shape index (κ2) is 9.61. The number of thiocarbonyl (C=S) groups is 1. The minimum atomic E-state index is 0.464. The lowest BCUT2D eigenvalue weighted by atomic mass is 10.0. The van der Waals surface area contributed by atoms with Crippen molar-refractivity contribution in [2.24, 2.45) is 0 Å². The van der Waals surface area contributed by atoms with Crippen LogP contribution in [0.2, 0.25) is 0 Å². The van der Waals surface area contributed by atoms with Gasteiger partial charge in [0.2, 0.25) is 5.95 Å². The quantitative estimate of drug-likeness (QED) is 0.696. The average Bonchev–Trinajstić information content (AvgIpc) is 3.18. The maximum absolute atomic E-state index is 5.59. The third kappa shape index (κ3) is 5.20. The summed E-state index contributed by atoms with van der Waals surface area (Å²) in [4.78, 5) is 14.2. The predicted octanol–water partition coefficient (Wildman–Crippen LogP) is 3.08. The first-order chi connectivity index (χ1) is 14.6. The summed E-state index contributed by atoms with van der Waals surface area (Å²) in [6.07, 6.45) is 3.64. The third-order valence-corrected chi connectivity index (χ3v) is 5.82. The minimum absolute atomic E-state index is 0.464. The van der Waals surface area contributed by atoms with Crippen LogP contribution in [0.4, 0.5) is 17.6 Å². The maximum atomic E-state index is 5.59. The number of aromatic nitrogens is 2. The van der Waals surface area contributed by atoms with Gasteiger partial charge in [0.1, 0.15) is 23.2 Å². The molecule has 8 nitrogen and oxygen atoms in total. The van der Waals surface area contributed by atoms with E-state index in [1.165, 1.54) is 19.3 Å². The van der Waals surface area contributed by atoms with Crippen molar-refractivity contribution in [3.63, 3.8) is 0 Å². The average molecular weight is 431 g/mol. The molecule has 0 bridgehead atoms. The van der Waals surface area contributed by atoms with Gasteiger partial charge in [-0.05, 0) is 57.5 Å². The van der Waals surface area contributed by atoms with E-state index in [0.717, 1.165) is 42.8 Å². The fourth-order valence-corrected chi connectivity index (χ4v) is 4.07. The van der Waals surface area contributed by atoms with Crippen molar-refractivity contribution in [2.45, 2.75) is 45.7 Å². The van der Waals surface area contributed by atoms with Crippen LogP contribution in [0.3, 0.4) is 0 Å². The molecule has 1 unspecified atom stereocenters. The number of morpholine rings is 1. The Bertz CT molecular complexity index is 867. The summed E-state index contributed by atoms with van der Waals surface area (Å²) in [5, 5.41) is 6.80. The Morgan fingerprint density at radius 2 is 1.97 bits per heavy atom. The molecule has 2 saturated heterocycles. The first kappa shape index (κ1) is 20.9. The number of rotatable bonds is 5. The molecule has 0 spiro atoms. The largest absolute Gasteiger partial charge is 0.465 e. The third-order valence-electron chi connectivity index (χ3n) is 5.58. The number of hydrogen-bond acceptors (Lipinski definition) is 7. The van der Waals surface area contributed by atoms with Crippen molar-refractivity contribution < 1.29 is 9.15 Å². The molecule has 2 fully saturated rings. The van der Waals surface area contributed by atoms with E-state index in [1.807, 2.05) is 19.1 Å². The first-order valence-corrected chi connectivity index (χ1v) is 11.1. The van der Waals surface area contributed by atoms with Crippen LogP contribution in [0.15, 0.2) is 22.6 Å². The summed E-state index contributed by atoms with van der Waals surface area (Å²) >= 11 is 5.47. The van der Waals surface area contributed by atoms with Gasteiger partial charge < -0.3 is 29.6 Å². The van der Waals surface area contributed by atoms with Gasteiger partial charge in [0, 0.05) is 31.7 Å². The van der Waals surface area contributed by atoms with Crippen molar-refractivity contribution in [1.82, 2.24) is 15.3 Å². The highest BCUT2D eigenvalue weighted by Gasteiger charge is 2.23. The summed E-state index contributed by atoms with van der Waals surface area (Å²) in [7, 11) is 0. The summed E-state index contributed by atoms with van der Waals surface area (Å²) in [6.45, 7) is 8.79. The molecule has 162 valence electrons. The standard InChI is InChI=1S/C21H30N6O2S/c1-15-5-3-4-8-27(15)19-13-18(26-9-11-28-12-10-26)23-20(24-19)25-21(30)22-14-17-7-6-16(2)29-17/h6-7,13,15H,3-5,8-12,14H2,1-2H3,(H2,22,23,24,25,30). The fraction of sp³-hybridized carbons (Fsp3) is 0.571. The highest BCUT2D eigenvalue weighted by Crippen LogP contribution is 2.27. The lowest BCUT2D eigenvalue weighted by molar-refractivity contribution is 0.122. The topological polar surface area (TPSA) is 78.7 Å². The molecule has 0 radical (unpaired) electrons. The van der Waals surface area contributed by atoms with Crippen LogP contribution in [0.5, 0.6) is 0 Å². The number of ether oxygens (including phenoxy) is 1. The van der Waals surface area contributed by atoms with Crippen molar-refractivity contribution in [1.29, 1.82) is 0 Å². The van der Waals surface area contributed by atoms with E-state index in [0.29, 0.717) is 36.9 Å². The zero-order chi connectivity index (χ0) is 20.9. The van der Waals surface area contributed by atoms with Gasteiger partial charge in [-0.2, -0.15) is 9.97 Å². The Labute approximate surface area is 183 Å². The molecule has 9 heteroatoms. The Hall–Kier alpha value is -2.39. The van der Waals surface area contributed by atoms with E-state index in [1.54, 1.807) is 0 Å². The highest BCUT2D eigenvalue weighted by molar-refractivity contribution is 7.80. The molecule has 0 amide bonds. The zero-order valence-electron chi connectivity index (χ0n) is 17.7. The van der Waals surface area contributed by atoms with Crippen molar-refractivity contribution in [2.75, 3.05) is 48.0 Å². The molecule has 4 rings (SSSR count). The Morgan fingerprint density at radius 1 is 1.17 bits per heavy atom. The van der Waals surface area contributed by atoms with Crippen LogP contribution >= 0.6 is 12.2 Å². The van der Waals surface area contributed by atoms with Crippen molar-refractivity contribution in [3.8, 4) is 0 Å². The van der Waals surface area contributed by atoms with Gasteiger partial charge in [-0.25, -0.2) is 0 Å². The molecular weight excluding hydrogens is 400 g/mol. The van der Waals surface area contributed by atoms with E-state index in [-0.39, 0.29) is 0 Å². The van der Waals surface area contributed by atoms with Gasteiger partial charge in [-0.15, -0.1) is 0 Å². The van der Waals surface area contributed by atoms with E-state index < -0.39 is 0 Å². The van der Waals surface area contributed by atoms with Gasteiger partial charge in [0.15, 0.2) is 5.11 Å². The maximum Gasteiger partial charge on any atom is 0.232 e. The van der Waals surface area contributed by atoms with Gasteiger partial charge >= 0.3 is 0 Å². The lowest BCUT2D eigenvalue weighted by Gasteiger charge is -2.35. The van der Waals surface area contributed by atoms with Crippen molar-refractivity contribution in [3.05, 3.63) is 29.7 Å². The summed E-state index contributed by atoms with van der Waals surface area (Å²) in [5.41, 5.74) is 0. The Balaban J connectivity index is 1.51. The molecule has 2 aliphatic rings. The van der Waals surface area contributed by atoms with Gasteiger partial charge in [0.05, 0.1) is 19.8 Å². The monoisotopic (exact) mass is 430 g/mol. The SMILES string of the molecule is Cc1ccc(CNC(=S)Nc2nc(N3CCOCC3)cc(N3CCCCC3C)n2)o1. The molecule has 2 N–H and O–H groups in total. The summed E-state index contributed by atoms with van der Waals surface area (Å²) in [5.74, 6) is 4.09. The molecule has 1 atom stereocenters. The second-order valence-corrected chi connectivity index (χ2v) is 8.27. The normalized spacial score (nSPS) is 19.6. The molecule has 2 aliphatic heterocycles. The van der Waals surface area contributed by atoms with Gasteiger partial charge in [-0.3, -0.25) is 0 Å². The Kier molecular flexibility index (Phi) is 6.69. The first-order valence-electron chi connectivity index (χ1n) is 10.7. The van der Waals surface area contributed by atoms with Crippen LogP contribution in [0, 0.1) is 6.92 Å². The van der Waals surface area contributed by atoms with Crippen LogP contribution in [-0.4, -0.2) is 54.0 Å². The van der Waals surface area contributed by atoms with E-state index in [2.05, 4.69) is 33.4 Å². The number of piperidine rings is 1. The molecule has 2 aromatic heterocycles. The summed E-state index contributed by atoms with van der Waals surface area (Å²) < 4.78 is 11.1. The molecule has 4 heterocycles. The van der Waals surface area contributed by atoms with E-state index >= 15 is 0 Å². The fourth-order valence-electron chi connectivity index (χ4n) is 3.91. The number of nitrogens with zero attached hydrogens (tertiary/aromatic N) is 4. The molecule has 0 saturated carbocycles. The summed E-state index contributed by atoms with van der Waals surface area (Å²) in [6, 6.07) is 6.44. The van der Waals surface area contributed by atoms with Gasteiger partial charge in [0.25, 0.3) is 0 Å². The predicted molar refractivity (Wildman–Crippen MR) is 122 cm³/mol. The molecular formula is C21H30N6O2S. The zero-order valence-corrected chi connectivity index (χ0v) is 18.5. The van der Waals surface area contributed by atoms with Crippen LogP contribution < -0.4 is 20.4 Å².